The van der Waals surface area contributed by atoms with Gasteiger partial charge in [0.15, 0.2) is 5.82 Å². The summed E-state index contributed by atoms with van der Waals surface area (Å²) in [5, 5.41) is 13.3. The molecule has 3 heterocycles. The lowest BCUT2D eigenvalue weighted by Crippen LogP contribution is -2.26. The molecule has 1 N–H and O–H groups in total. The molecule has 2 aliphatic heterocycles. The van der Waals surface area contributed by atoms with Crippen molar-refractivity contribution in [2.75, 3.05) is 37.5 Å². The fourth-order valence-corrected chi connectivity index (χ4v) is 4.63. The van der Waals surface area contributed by atoms with Crippen LogP contribution in [0.15, 0.2) is 42.6 Å². The Morgan fingerprint density at radius 1 is 1.25 bits per heavy atom. The first-order chi connectivity index (χ1) is 15.6. The molecule has 0 saturated carbocycles. The normalized spacial score (nSPS) is 17.4. The molecule has 162 valence electrons. The Morgan fingerprint density at radius 2 is 2.09 bits per heavy atom. The lowest BCUT2D eigenvalue weighted by atomic mass is 9.99. The summed E-state index contributed by atoms with van der Waals surface area (Å²) in [5.41, 5.74) is 5.31. The van der Waals surface area contributed by atoms with Gasteiger partial charge in [0, 0.05) is 25.3 Å². The van der Waals surface area contributed by atoms with Gasteiger partial charge >= 0.3 is 0 Å². The minimum Gasteiger partial charge on any atom is -0.495 e. The van der Waals surface area contributed by atoms with Gasteiger partial charge in [0.05, 0.1) is 31.0 Å². The molecule has 32 heavy (non-hydrogen) atoms. The second kappa shape index (κ2) is 8.30. The molecule has 0 aliphatic carbocycles. The number of benzene rings is 2. The Bertz CT molecular complexity index is 1220. The molecule has 1 atom stereocenters. The van der Waals surface area contributed by atoms with Crippen molar-refractivity contribution in [1.29, 1.82) is 5.26 Å². The topological polar surface area (TPSA) is 77.3 Å². The monoisotopic (exact) mass is 446 g/mol. The number of nitriles is 1. The van der Waals surface area contributed by atoms with Crippen LogP contribution in [0.25, 0.3) is 0 Å². The number of hydrogen-bond donors (Lipinski definition) is 1. The number of rotatable bonds is 4. The molecule has 0 radical (unpaired) electrons. The van der Waals surface area contributed by atoms with Gasteiger partial charge in [0.25, 0.3) is 0 Å². The molecular formula is C24H23ClN6O. The summed E-state index contributed by atoms with van der Waals surface area (Å²) in [7, 11) is 3.79. The van der Waals surface area contributed by atoms with Crippen LogP contribution < -0.4 is 15.0 Å². The molecular weight excluding hydrogens is 424 g/mol. The maximum absolute atomic E-state index is 9.60. The minimum absolute atomic E-state index is 0.230. The van der Waals surface area contributed by atoms with Gasteiger partial charge in [0.2, 0.25) is 5.95 Å². The maximum atomic E-state index is 9.60. The number of nitrogens with zero attached hydrogens (tertiary/aromatic N) is 5. The summed E-state index contributed by atoms with van der Waals surface area (Å²) in [6.45, 7) is 2.43. The fourth-order valence-electron chi connectivity index (χ4n) is 4.44. The van der Waals surface area contributed by atoms with Crippen molar-refractivity contribution in [3.63, 3.8) is 0 Å². The summed E-state index contributed by atoms with van der Waals surface area (Å²) in [4.78, 5) is 13.4. The Kier molecular flexibility index (Phi) is 5.33. The number of para-hydroxylation sites is 1. The highest BCUT2D eigenvalue weighted by molar-refractivity contribution is 6.33. The third-order valence-electron chi connectivity index (χ3n) is 6.08. The molecule has 2 aromatic carbocycles. The maximum Gasteiger partial charge on any atom is 0.229 e. The Morgan fingerprint density at radius 3 is 2.91 bits per heavy atom. The van der Waals surface area contributed by atoms with Crippen molar-refractivity contribution in [2.45, 2.75) is 18.9 Å². The number of anilines is 4. The van der Waals surface area contributed by atoms with Gasteiger partial charge in [-0.05, 0) is 48.4 Å². The number of halogens is 1. The van der Waals surface area contributed by atoms with E-state index in [1.807, 2.05) is 29.2 Å². The van der Waals surface area contributed by atoms with Gasteiger partial charge in [0.1, 0.15) is 10.8 Å². The first kappa shape index (κ1) is 20.6. The number of hydrogen-bond acceptors (Lipinski definition) is 7. The SMILES string of the molecule is COc1cc2c(cc1Nc1ncc(Cl)c(N3CC(C#N)c4ccccc43)n1)CN(C)CC2. The molecule has 1 unspecified atom stereocenters. The van der Waals surface area contributed by atoms with E-state index in [0.29, 0.717) is 23.3 Å². The van der Waals surface area contributed by atoms with E-state index in [1.54, 1.807) is 13.3 Å². The molecule has 0 spiro atoms. The largest absolute Gasteiger partial charge is 0.495 e. The van der Waals surface area contributed by atoms with E-state index in [0.717, 1.165) is 42.2 Å². The Labute approximate surface area is 192 Å². The van der Waals surface area contributed by atoms with E-state index in [1.165, 1.54) is 11.1 Å². The zero-order chi connectivity index (χ0) is 22.2. The van der Waals surface area contributed by atoms with Gasteiger partial charge in [-0.3, -0.25) is 0 Å². The van der Waals surface area contributed by atoms with Crippen molar-refractivity contribution in [3.05, 3.63) is 64.3 Å². The summed E-state index contributed by atoms with van der Waals surface area (Å²) < 4.78 is 5.64. The number of aromatic nitrogens is 2. The molecule has 0 amide bonds. The van der Waals surface area contributed by atoms with Gasteiger partial charge in [-0.2, -0.15) is 10.2 Å². The highest BCUT2D eigenvalue weighted by atomic mass is 35.5. The van der Waals surface area contributed by atoms with Crippen LogP contribution in [0.2, 0.25) is 5.02 Å². The average molecular weight is 447 g/mol. The van der Waals surface area contributed by atoms with Crippen molar-refractivity contribution in [2.24, 2.45) is 0 Å². The van der Waals surface area contributed by atoms with Gasteiger partial charge < -0.3 is 19.9 Å². The van der Waals surface area contributed by atoms with E-state index in [-0.39, 0.29) is 5.92 Å². The lowest BCUT2D eigenvalue weighted by molar-refractivity contribution is 0.312. The molecule has 5 rings (SSSR count). The summed E-state index contributed by atoms with van der Waals surface area (Å²) in [6, 6.07) is 14.4. The zero-order valence-electron chi connectivity index (χ0n) is 18.0. The standard InChI is InChI=1S/C24H23ClN6O/c1-30-8-7-15-10-22(32-2)20(9-16(15)13-30)28-24-27-12-19(25)23(29-24)31-14-17(11-26)18-5-3-4-6-21(18)31/h3-6,9-10,12,17H,7-8,13-14H2,1-2H3,(H,27,28,29). The van der Waals surface area contributed by atoms with Gasteiger partial charge in [-0.25, -0.2) is 4.98 Å². The van der Waals surface area contributed by atoms with E-state index in [4.69, 9.17) is 21.3 Å². The first-order valence-corrected chi connectivity index (χ1v) is 10.9. The van der Waals surface area contributed by atoms with Crippen LogP contribution in [0, 0.1) is 11.3 Å². The third kappa shape index (κ3) is 3.62. The quantitative estimate of drug-likeness (QED) is 0.626. The average Bonchev–Trinajstić information content (AvgIpc) is 3.18. The molecule has 0 saturated heterocycles. The lowest BCUT2D eigenvalue weighted by Gasteiger charge is -2.26. The van der Waals surface area contributed by atoms with E-state index >= 15 is 0 Å². The molecule has 0 fully saturated rings. The number of methoxy groups -OCH3 is 1. The first-order valence-electron chi connectivity index (χ1n) is 10.5. The minimum atomic E-state index is -0.230. The van der Waals surface area contributed by atoms with Crippen LogP contribution >= 0.6 is 11.6 Å². The summed E-state index contributed by atoms with van der Waals surface area (Å²) >= 11 is 6.50. The van der Waals surface area contributed by atoms with E-state index in [9.17, 15) is 5.26 Å². The van der Waals surface area contributed by atoms with Crippen LogP contribution in [0.3, 0.4) is 0 Å². The fraction of sp³-hybridized carbons (Fsp3) is 0.292. The molecule has 0 bridgehead atoms. The van der Waals surface area contributed by atoms with Crippen LogP contribution in [0.1, 0.15) is 22.6 Å². The van der Waals surface area contributed by atoms with Crippen LogP contribution in [0.5, 0.6) is 5.75 Å². The third-order valence-corrected chi connectivity index (χ3v) is 6.34. The Hall–Kier alpha value is -3.34. The van der Waals surface area contributed by atoms with Crippen molar-refractivity contribution in [1.82, 2.24) is 14.9 Å². The van der Waals surface area contributed by atoms with Crippen molar-refractivity contribution in [3.8, 4) is 11.8 Å². The zero-order valence-corrected chi connectivity index (χ0v) is 18.7. The number of likely N-dealkylation sites (N-methyl/N-ethyl adjacent to an activating group) is 1. The number of ether oxygens (including phenoxy) is 1. The second-order valence-electron chi connectivity index (χ2n) is 8.15. The van der Waals surface area contributed by atoms with Crippen LogP contribution in [0.4, 0.5) is 23.1 Å². The van der Waals surface area contributed by atoms with Crippen molar-refractivity contribution < 1.29 is 4.74 Å². The second-order valence-corrected chi connectivity index (χ2v) is 8.56. The van der Waals surface area contributed by atoms with Gasteiger partial charge in [-0.1, -0.05) is 29.8 Å². The van der Waals surface area contributed by atoms with Crippen molar-refractivity contribution >= 4 is 34.7 Å². The Balaban J connectivity index is 1.50. The highest BCUT2D eigenvalue weighted by Gasteiger charge is 2.31. The number of fused-ring (bicyclic) bond motifs is 2. The molecule has 7 nitrogen and oxygen atoms in total. The molecule has 3 aromatic rings. The van der Waals surface area contributed by atoms with Gasteiger partial charge in [-0.15, -0.1) is 0 Å². The predicted molar refractivity (Wildman–Crippen MR) is 125 cm³/mol. The molecule has 8 heteroatoms. The van der Waals surface area contributed by atoms with Crippen LogP contribution in [-0.2, 0) is 13.0 Å². The molecule has 1 aromatic heterocycles. The van der Waals surface area contributed by atoms with Crippen LogP contribution in [-0.4, -0.2) is 42.1 Å². The number of nitrogens with one attached hydrogen (secondary N) is 1. The smallest absolute Gasteiger partial charge is 0.229 e. The molecule has 2 aliphatic rings. The summed E-state index contributed by atoms with van der Waals surface area (Å²) in [5.74, 6) is 1.52. The highest BCUT2D eigenvalue weighted by Crippen LogP contribution is 2.42. The van der Waals surface area contributed by atoms with E-state index in [2.05, 4.69) is 40.5 Å². The predicted octanol–water partition coefficient (Wildman–Crippen LogP) is 4.63. The summed E-state index contributed by atoms with van der Waals surface area (Å²) in [6.07, 6.45) is 2.59. The van der Waals surface area contributed by atoms with E-state index < -0.39 is 0 Å².